The van der Waals surface area contributed by atoms with Crippen LogP contribution in [-0.4, -0.2) is 33.8 Å². The van der Waals surface area contributed by atoms with Crippen molar-refractivity contribution in [2.75, 3.05) is 0 Å². The molecule has 0 amide bonds. The van der Waals surface area contributed by atoms with Crippen LogP contribution < -0.4 is 0 Å². The lowest BCUT2D eigenvalue weighted by Crippen LogP contribution is -2.51. The summed E-state index contributed by atoms with van der Waals surface area (Å²) in [6, 6.07) is 9.04. The SMILES string of the molecule is CC1CC(=O)C[C@@H](C(=O)O)N1Cc1ccccc1. The number of piperidine rings is 1. The predicted octanol–water partition coefficient (Wildman–Crippen LogP) is 1.69. The molecule has 96 valence electrons. The summed E-state index contributed by atoms with van der Waals surface area (Å²) in [4.78, 5) is 24.7. The van der Waals surface area contributed by atoms with Gasteiger partial charge >= 0.3 is 5.97 Å². The highest BCUT2D eigenvalue weighted by Crippen LogP contribution is 2.23. The molecule has 0 spiro atoms. The van der Waals surface area contributed by atoms with Crippen LogP contribution in [0.5, 0.6) is 0 Å². The Balaban J connectivity index is 2.17. The number of hydrogen-bond acceptors (Lipinski definition) is 3. The molecule has 0 radical (unpaired) electrons. The minimum absolute atomic E-state index is 0.0208. The molecule has 0 saturated carbocycles. The molecule has 0 aliphatic carbocycles. The van der Waals surface area contributed by atoms with Crippen molar-refractivity contribution in [3.05, 3.63) is 35.9 Å². The van der Waals surface area contributed by atoms with E-state index in [1.807, 2.05) is 42.2 Å². The summed E-state index contributed by atoms with van der Waals surface area (Å²) in [5.74, 6) is -0.870. The van der Waals surface area contributed by atoms with Gasteiger partial charge in [0.2, 0.25) is 0 Å². The van der Waals surface area contributed by atoms with Crippen molar-refractivity contribution in [2.24, 2.45) is 0 Å². The number of carbonyl (C=O) groups excluding carboxylic acids is 1. The Hall–Kier alpha value is -1.68. The summed E-state index contributed by atoms with van der Waals surface area (Å²) in [6.45, 7) is 2.49. The predicted molar refractivity (Wildman–Crippen MR) is 67.1 cm³/mol. The second-order valence-electron chi connectivity index (χ2n) is 4.81. The Kier molecular flexibility index (Phi) is 3.77. The number of aliphatic carboxylic acids is 1. The summed E-state index contributed by atoms with van der Waals surface area (Å²) in [6.07, 6.45) is 0.559. The fourth-order valence-electron chi connectivity index (χ4n) is 2.46. The van der Waals surface area contributed by atoms with E-state index in [0.29, 0.717) is 13.0 Å². The van der Waals surface area contributed by atoms with Gasteiger partial charge in [0, 0.05) is 25.4 Å². The molecule has 4 heteroatoms. The Morgan fingerprint density at radius 3 is 2.61 bits per heavy atom. The van der Waals surface area contributed by atoms with Crippen LogP contribution >= 0.6 is 0 Å². The van der Waals surface area contributed by atoms with Crippen molar-refractivity contribution < 1.29 is 14.7 Å². The van der Waals surface area contributed by atoms with Gasteiger partial charge < -0.3 is 5.11 Å². The number of benzene rings is 1. The average molecular weight is 247 g/mol. The average Bonchev–Trinajstić information content (AvgIpc) is 2.33. The van der Waals surface area contributed by atoms with Crippen LogP contribution in [0.15, 0.2) is 30.3 Å². The molecule has 1 saturated heterocycles. The van der Waals surface area contributed by atoms with Crippen molar-refractivity contribution in [1.82, 2.24) is 4.90 Å². The lowest BCUT2D eigenvalue weighted by molar-refractivity contribution is -0.149. The van der Waals surface area contributed by atoms with E-state index in [2.05, 4.69) is 0 Å². The smallest absolute Gasteiger partial charge is 0.321 e. The fourth-order valence-corrected chi connectivity index (χ4v) is 2.46. The van der Waals surface area contributed by atoms with Crippen molar-refractivity contribution in [3.63, 3.8) is 0 Å². The molecule has 2 atom stereocenters. The zero-order valence-electron chi connectivity index (χ0n) is 10.4. The van der Waals surface area contributed by atoms with E-state index in [9.17, 15) is 14.7 Å². The number of ketones is 1. The van der Waals surface area contributed by atoms with Crippen LogP contribution in [0.4, 0.5) is 0 Å². The van der Waals surface area contributed by atoms with E-state index in [1.165, 1.54) is 0 Å². The molecule has 1 aliphatic rings. The van der Waals surface area contributed by atoms with Gasteiger partial charge in [0.05, 0.1) is 0 Å². The fraction of sp³-hybridized carbons (Fsp3) is 0.429. The Morgan fingerprint density at radius 1 is 1.33 bits per heavy atom. The number of rotatable bonds is 3. The quantitative estimate of drug-likeness (QED) is 0.883. The van der Waals surface area contributed by atoms with Gasteiger partial charge in [-0.05, 0) is 12.5 Å². The second-order valence-corrected chi connectivity index (χ2v) is 4.81. The molecule has 1 aromatic rings. The third kappa shape index (κ3) is 2.76. The molecular weight excluding hydrogens is 230 g/mol. The van der Waals surface area contributed by atoms with Crippen LogP contribution in [0.2, 0.25) is 0 Å². The molecule has 1 unspecified atom stereocenters. The number of nitrogens with zero attached hydrogens (tertiary/aromatic N) is 1. The number of carboxylic acids is 1. The van der Waals surface area contributed by atoms with Gasteiger partial charge in [0.15, 0.2) is 0 Å². The monoisotopic (exact) mass is 247 g/mol. The highest BCUT2D eigenvalue weighted by molar-refractivity contribution is 5.87. The van der Waals surface area contributed by atoms with E-state index in [4.69, 9.17) is 0 Å². The van der Waals surface area contributed by atoms with E-state index >= 15 is 0 Å². The van der Waals surface area contributed by atoms with Gasteiger partial charge in [-0.25, -0.2) is 0 Å². The van der Waals surface area contributed by atoms with Crippen LogP contribution in [-0.2, 0) is 16.1 Å². The van der Waals surface area contributed by atoms with E-state index in [0.717, 1.165) is 5.56 Å². The van der Waals surface area contributed by atoms with Crippen LogP contribution in [0.1, 0.15) is 25.3 Å². The molecule has 1 aliphatic heterocycles. The van der Waals surface area contributed by atoms with E-state index in [1.54, 1.807) is 0 Å². The zero-order valence-corrected chi connectivity index (χ0v) is 10.4. The van der Waals surface area contributed by atoms with Crippen molar-refractivity contribution >= 4 is 11.8 Å². The van der Waals surface area contributed by atoms with Crippen molar-refractivity contribution in [3.8, 4) is 0 Å². The third-order valence-electron chi connectivity index (χ3n) is 3.40. The number of carboxylic acid groups (broad SMARTS) is 1. The summed E-state index contributed by atoms with van der Waals surface area (Å²) in [5.41, 5.74) is 1.07. The summed E-state index contributed by atoms with van der Waals surface area (Å²) in [5, 5.41) is 9.23. The number of carbonyl (C=O) groups is 2. The largest absolute Gasteiger partial charge is 0.480 e. The van der Waals surface area contributed by atoms with E-state index < -0.39 is 12.0 Å². The van der Waals surface area contributed by atoms with Gasteiger partial charge in [-0.15, -0.1) is 0 Å². The van der Waals surface area contributed by atoms with Crippen LogP contribution in [0.25, 0.3) is 0 Å². The van der Waals surface area contributed by atoms with Crippen LogP contribution in [0, 0.1) is 0 Å². The van der Waals surface area contributed by atoms with Gasteiger partial charge in [0.25, 0.3) is 0 Å². The first-order chi connectivity index (χ1) is 8.58. The lowest BCUT2D eigenvalue weighted by Gasteiger charge is -2.37. The molecule has 1 fully saturated rings. The van der Waals surface area contributed by atoms with Crippen molar-refractivity contribution in [1.29, 1.82) is 0 Å². The molecule has 0 bridgehead atoms. The van der Waals surface area contributed by atoms with Crippen LogP contribution in [0.3, 0.4) is 0 Å². The molecule has 0 aromatic heterocycles. The minimum Gasteiger partial charge on any atom is -0.480 e. The first-order valence-corrected chi connectivity index (χ1v) is 6.12. The first kappa shape index (κ1) is 12.8. The lowest BCUT2D eigenvalue weighted by atomic mass is 9.94. The van der Waals surface area contributed by atoms with Gasteiger partial charge in [-0.1, -0.05) is 30.3 Å². The molecule has 1 N–H and O–H groups in total. The molecule has 4 nitrogen and oxygen atoms in total. The summed E-state index contributed by atoms with van der Waals surface area (Å²) < 4.78 is 0. The number of likely N-dealkylation sites (tertiary alicyclic amines) is 1. The standard InChI is InChI=1S/C14H17NO3/c1-10-7-12(16)8-13(14(17)18)15(10)9-11-5-3-2-4-6-11/h2-6,10,13H,7-9H2,1H3,(H,17,18)/t10?,13-/m0/s1. The second kappa shape index (κ2) is 5.31. The number of Topliss-reactive ketones (excluding diaryl/α,β-unsaturated/α-hetero) is 1. The zero-order chi connectivity index (χ0) is 13.1. The maximum absolute atomic E-state index is 11.5. The minimum atomic E-state index is -0.911. The Bertz CT molecular complexity index is 444. The highest BCUT2D eigenvalue weighted by Gasteiger charge is 2.36. The maximum atomic E-state index is 11.5. The van der Waals surface area contributed by atoms with E-state index in [-0.39, 0.29) is 18.2 Å². The molecule has 18 heavy (non-hydrogen) atoms. The van der Waals surface area contributed by atoms with Gasteiger partial charge in [-0.2, -0.15) is 0 Å². The first-order valence-electron chi connectivity index (χ1n) is 6.12. The van der Waals surface area contributed by atoms with Gasteiger partial charge in [-0.3, -0.25) is 14.5 Å². The summed E-state index contributed by atoms with van der Waals surface area (Å²) in [7, 11) is 0. The molecular formula is C14H17NO3. The molecule has 2 rings (SSSR count). The highest BCUT2D eigenvalue weighted by atomic mass is 16.4. The molecule has 1 aromatic carbocycles. The topological polar surface area (TPSA) is 57.6 Å². The Morgan fingerprint density at radius 2 is 2.00 bits per heavy atom. The Labute approximate surface area is 106 Å². The number of hydrogen-bond donors (Lipinski definition) is 1. The van der Waals surface area contributed by atoms with Crippen molar-refractivity contribution in [2.45, 2.75) is 38.4 Å². The molecule has 1 heterocycles. The maximum Gasteiger partial charge on any atom is 0.321 e. The normalized spacial score (nSPS) is 25.1. The summed E-state index contributed by atoms with van der Waals surface area (Å²) >= 11 is 0. The third-order valence-corrected chi connectivity index (χ3v) is 3.40. The van der Waals surface area contributed by atoms with Gasteiger partial charge in [0.1, 0.15) is 11.8 Å².